The maximum atomic E-state index is 12.6. The highest BCUT2D eigenvalue weighted by Gasteiger charge is 2.36. The van der Waals surface area contributed by atoms with E-state index in [-0.39, 0.29) is 17.4 Å². The van der Waals surface area contributed by atoms with E-state index in [1.165, 1.54) is 12.1 Å². The molecule has 2 nitrogen and oxygen atoms in total. The molecule has 0 unspecified atom stereocenters. The number of hydrogen-bond donors (Lipinski definition) is 0. The lowest BCUT2D eigenvalue weighted by Crippen LogP contribution is -2.10. The monoisotopic (exact) mass is 230 g/mol. The summed E-state index contributed by atoms with van der Waals surface area (Å²) in [6.45, 7) is 0. The molecule has 1 aromatic rings. The van der Waals surface area contributed by atoms with E-state index in [1.54, 1.807) is 0 Å². The lowest BCUT2D eigenvalue weighted by molar-refractivity contribution is -0.139. The molecule has 0 saturated heterocycles. The molecule has 0 spiro atoms. The zero-order valence-corrected chi connectivity index (χ0v) is 8.25. The molecule has 1 saturated carbocycles. The Hall–Kier alpha value is -1.52. The molecular weight excluding hydrogens is 221 g/mol. The second-order valence-electron chi connectivity index (χ2n) is 3.69. The Morgan fingerprint density at radius 2 is 2.00 bits per heavy atom. The maximum Gasteiger partial charge on any atom is 0.419 e. The van der Waals surface area contributed by atoms with E-state index in [2.05, 4.69) is 0 Å². The van der Waals surface area contributed by atoms with Gasteiger partial charge in [0, 0.05) is 5.56 Å². The second-order valence-corrected chi connectivity index (χ2v) is 3.69. The summed E-state index contributed by atoms with van der Waals surface area (Å²) in [5, 5.41) is 0. The Bertz CT molecular complexity index is 408. The average molecular weight is 230 g/mol. The number of halogens is 3. The molecule has 5 heteroatoms. The number of alkyl halides is 3. The lowest BCUT2D eigenvalue weighted by atomic mass is 10.1. The summed E-state index contributed by atoms with van der Waals surface area (Å²) in [6.07, 6.45) is -2.65. The molecule has 0 heterocycles. The van der Waals surface area contributed by atoms with Crippen LogP contribution < -0.4 is 4.74 Å². The van der Waals surface area contributed by atoms with Crippen LogP contribution in [0.15, 0.2) is 18.2 Å². The van der Waals surface area contributed by atoms with Gasteiger partial charge in [-0.05, 0) is 31.0 Å². The largest absolute Gasteiger partial charge is 0.490 e. The van der Waals surface area contributed by atoms with Gasteiger partial charge in [0.2, 0.25) is 0 Å². The van der Waals surface area contributed by atoms with E-state index in [1.807, 2.05) is 0 Å². The molecule has 0 aliphatic heterocycles. The van der Waals surface area contributed by atoms with E-state index < -0.39 is 11.7 Å². The van der Waals surface area contributed by atoms with E-state index in [0.29, 0.717) is 6.29 Å². The van der Waals surface area contributed by atoms with Crippen molar-refractivity contribution in [2.75, 3.05) is 0 Å². The van der Waals surface area contributed by atoms with Crippen molar-refractivity contribution in [1.29, 1.82) is 0 Å². The van der Waals surface area contributed by atoms with Crippen LogP contribution in [0.5, 0.6) is 5.75 Å². The zero-order chi connectivity index (χ0) is 11.8. The normalized spacial score (nSPS) is 15.9. The van der Waals surface area contributed by atoms with Gasteiger partial charge in [0.1, 0.15) is 12.0 Å². The number of carbonyl (C=O) groups excluding carboxylic acids is 1. The van der Waals surface area contributed by atoms with Gasteiger partial charge in [-0.3, -0.25) is 4.79 Å². The number of aldehydes is 1. The highest BCUT2D eigenvalue weighted by molar-refractivity contribution is 5.75. The van der Waals surface area contributed by atoms with Crippen LogP contribution in [-0.4, -0.2) is 12.4 Å². The molecule has 0 N–H and O–H groups in total. The number of rotatable bonds is 3. The molecule has 16 heavy (non-hydrogen) atoms. The molecule has 0 radical (unpaired) electrons. The molecule has 1 aliphatic rings. The van der Waals surface area contributed by atoms with Crippen molar-refractivity contribution < 1.29 is 22.7 Å². The Balaban J connectivity index is 2.37. The SMILES string of the molecule is O=Cc1ccc(OC2CC2)c(C(F)(F)F)c1. The summed E-state index contributed by atoms with van der Waals surface area (Å²) < 4.78 is 43.1. The first-order valence-corrected chi connectivity index (χ1v) is 4.84. The zero-order valence-electron chi connectivity index (χ0n) is 8.25. The molecule has 1 aromatic carbocycles. The lowest BCUT2D eigenvalue weighted by Gasteiger charge is -2.13. The van der Waals surface area contributed by atoms with Gasteiger partial charge in [0.05, 0.1) is 11.7 Å². The molecule has 0 amide bonds. The van der Waals surface area contributed by atoms with E-state index in [9.17, 15) is 18.0 Å². The Kier molecular flexibility index (Phi) is 2.61. The minimum Gasteiger partial charge on any atom is -0.490 e. The number of ether oxygens (including phenoxy) is 1. The quantitative estimate of drug-likeness (QED) is 0.746. The van der Waals surface area contributed by atoms with Crippen molar-refractivity contribution in [2.24, 2.45) is 0 Å². The predicted molar refractivity (Wildman–Crippen MR) is 50.5 cm³/mol. The molecular formula is C11H9F3O2. The van der Waals surface area contributed by atoms with E-state index >= 15 is 0 Å². The van der Waals surface area contributed by atoms with Crippen LogP contribution in [0.2, 0.25) is 0 Å². The first-order chi connectivity index (χ1) is 7.50. The van der Waals surface area contributed by atoms with Crippen LogP contribution in [0.4, 0.5) is 13.2 Å². The van der Waals surface area contributed by atoms with Crippen molar-refractivity contribution in [2.45, 2.75) is 25.1 Å². The fourth-order valence-electron chi connectivity index (χ4n) is 1.31. The molecule has 86 valence electrons. The molecule has 1 fully saturated rings. The number of benzene rings is 1. The van der Waals surface area contributed by atoms with Crippen molar-refractivity contribution in [1.82, 2.24) is 0 Å². The summed E-state index contributed by atoms with van der Waals surface area (Å²) in [7, 11) is 0. The van der Waals surface area contributed by atoms with Crippen LogP contribution >= 0.6 is 0 Å². The van der Waals surface area contributed by atoms with Gasteiger partial charge in [0.15, 0.2) is 0 Å². The minimum atomic E-state index is -4.50. The molecule has 0 bridgehead atoms. The van der Waals surface area contributed by atoms with Gasteiger partial charge in [-0.1, -0.05) is 0 Å². The summed E-state index contributed by atoms with van der Waals surface area (Å²) in [6, 6.07) is 3.33. The van der Waals surface area contributed by atoms with Crippen molar-refractivity contribution in [3.05, 3.63) is 29.3 Å². The first kappa shape index (κ1) is 11.0. The standard InChI is InChI=1S/C11H9F3O2/c12-11(13,14)9-5-7(6-15)1-4-10(9)16-8-2-3-8/h1,4-6,8H,2-3H2. The van der Waals surface area contributed by atoms with Gasteiger partial charge in [-0.15, -0.1) is 0 Å². The maximum absolute atomic E-state index is 12.6. The van der Waals surface area contributed by atoms with Crippen LogP contribution in [-0.2, 0) is 6.18 Å². The third-order valence-corrected chi connectivity index (χ3v) is 2.26. The van der Waals surface area contributed by atoms with Gasteiger partial charge in [0.25, 0.3) is 0 Å². The minimum absolute atomic E-state index is 0.00419. The molecule has 2 rings (SSSR count). The van der Waals surface area contributed by atoms with Crippen molar-refractivity contribution in [3.8, 4) is 5.75 Å². The van der Waals surface area contributed by atoms with Gasteiger partial charge < -0.3 is 4.74 Å². The Labute approximate surface area is 90.0 Å². The van der Waals surface area contributed by atoms with E-state index in [4.69, 9.17) is 4.74 Å². The van der Waals surface area contributed by atoms with Crippen LogP contribution in [0.25, 0.3) is 0 Å². The summed E-state index contributed by atoms with van der Waals surface area (Å²) in [5.41, 5.74) is -0.889. The molecule has 0 atom stereocenters. The smallest absolute Gasteiger partial charge is 0.419 e. The van der Waals surface area contributed by atoms with Gasteiger partial charge in [-0.25, -0.2) is 0 Å². The Morgan fingerprint density at radius 1 is 1.31 bits per heavy atom. The average Bonchev–Trinajstić information content (AvgIpc) is 3.01. The van der Waals surface area contributed by atoms with Gasteiger partial charge >= 0.3 is 6.18 Å². The summed E-state index contributed by atoms with van der Waals surface area (Å²) >= 11 is 0. The summed E-state index contributed by atoms with van der Waals surface area (Å²) in [4.78, 5) is 10.4. The second kappa shape index (κ2) is 3.81. The molecule has 0 aromatic heterocycles. The van der Waals surface area contributed by atoms with Crippen molar-refractivity contribution in [3.63, 3.8) is 0 Å². The third kappa shape index (κ3) is 2.35. The highest BCUT2D eigenvalue weighted by Crippen LogP contribution is 2.39. The fraction of sp³-hybridized carbons (Fsp3) is 0.364. The first-order valence-electron chi connectivity index (χ1n) is 4.84. The highest BCUT2D eigenvalue weighted by atomic mass is 19.4. The topological polar surface area (TPSA) is 26.3 Å². The van der Waals surface area contributed by atoms with Gasteiger partial charge in [-0.2, -0.15) is 13.2 Å². The third-order valence-electron chi connectivity index (χ3n) is 2.26. The fourth-order valence-corrected chi connectivity index (χ4v) is 1.31. The number of carbonyl (C=O) groups is 1. The van der Waals surface area contributed by atoms with Crippen LogP contribution in [0, 0.1) is 0 Å². The Morgan fingerprint density at radius 3 is 2.50 bits per heavy atom. The van der Waals surface area contributed by atoms with Crippen LogP contribution in [0.1, 0.15) is 28.8 Å². The molecule has 1 aliphatic carbocycles. The van der Waals surface area contributed by atoms with Crippen molar-refractivity contribution >= 4 is 6.29 Å². The summed E-state index contributed by atoms with van der Waals surface area (Å²) in [5.74, 6) is -0.194. The number of hydrogen-bond acceptors (Lipinski definition) is 2. The predicted octanol–water partition coefficient (Wildman–Crippen LogP) is 3.06. The van der Waals surface area contributed by atoms with E-state index in [0.717, 1.165) is 18.9 Å². The van der Waals surface area contributed by atoms with Crippen LogP contribution in [0.3, 0.4) is 0 Å².